The Hall–Kier alpha value is -1.10. The Balaban J connectivity index is 3.58. The number of esters is 2. The molecule has 5 nitrogen and oxygen atoms in total. The quantitative estimate of drug-likeness (QED) is 0.0482. The largest absolute Gasteiger partial charge is 0.462 e. The zero-order valence-corrected chi connectivity index (χ0v) is 32.1. The molecule has 0 aliphatic carbocycles. The Bertz CT molecular complexity index is 637. The number of methoxy groups -OCH3 is 1. The highest BCUT2D eigenvalue weighted by molar-refractivity contribution is 5.70. The Morgan fingerprint density at radius 3 is 0.957 bits per heavy atom. The van der Waals surface area contributed by atoms with Crippen LogP contribution in [-0.2, 0) is 23.8 Å². The van der Waals surface area contributed by atoms with E-state index in [1.54, 1.807) is 7.11 Å². The van der Waals surface area contributed by atoms with Crippen LogP contribution in [0.25, 0.3) is 0 Å². The van der Waals surface area contributed by atoms with E-state index in [2.05, 4.69) is 13.8 Å². The van der Waals surface area contributed by atoms with Crippen LogP contribution in [-0.4, -0.2) is 38.4 Å². The maximum Gasteiger partial charge on any atom is 0.306 e. The van der Waals surface area contributed by atoms with Crippen molar-refractivity contribution >= 4 is 11.9 Å². The van der Waals surface area contributed by atoms with Crippen LogP contribution in [0.2, 0.25) is 0 Å². The summed E-state index contributed by atoms with van der Waals surface area (Å²) >= 11 is 0. The van der Waals surface area contributed by atoms with Gasteiger partial charge in [0.25, 0.3) is 0 Å². The molecule has 0 spiro atoms. The number of carbonyl (C=O) groups is 2. The first-order valence-corrected chi connectivity index (χ1v) is 21.0. The summed E-state index contributed by atoms with van der Waals surface area (Å²) < 4.78 is 16.2. The second-order valence-electron chi connectivity index (χ2n) is 14.4. The zero-order chi connectivity index (χ0) is 34.3. The van der Waals surface area contributed by atoms with Crippen molar-refractivity contribution in [2.75, 3.05) is 20.3 Å². The van der Waals surface area contributed by atoms with E-state index in [-0.39, 0.29) is 25.2 Å². The van der Waals surface area contributed by atoms with Crippen molar-refractivity contribution in [1.29, 1.82) is 0 Å². The van der Waals surface area contributed by atoms with E-state index >= 15 is 0 Å². The lowest BCUT2D eigenvalue weighted by molar-refractivity contribution is -0.162. The van der Waals surface area contributed by atoms with Crippen LogP contribution in [0, 0.1) is 0 Å². The third kappa shape index (κ3) is 37.6. The van der Waals surface area contributed by atoms with Crippen molar-refractivity contribution < 1.29 is 23.8 Å². The first kappa shape index (κ1) is 45.9. The van der Waals surface area contributed by atoms with Crippen molar-refractivity contribution in [3.05, 3.63) is 0 Å². The van der Waals surface area contributed by atoms with Gasteiger partial charge in [-0.25, -0.2) is 0 Å². The summed E-state index contributed by atoms with van der Waals surface area (Å²) in [6.45, 7) is 4.88. The fraction of sp³-hybridized carbons (Fsp3) is 0.952. The molecule has 0 aromatic carbocycles. The smallest absolute Gasteiger partial charge is 0.306 e. The molecule has 0 aromatic rings. The monoisotopic (exact) mass is 667 g/mol. The molecule has 47 heavy (non-hydrogen) atoms. The molecule has 0 bridgehead atoms. The SMILES string of the molecule is CCCCCCCCCCCCCCCCCCC(=O)OCC(COC)OC(=O)CCCCCCCCCCCCCCCCCC. The molecule has 1 atom stereocenters. The van der Waals surface area contributed by atoms with Gasteiger partial charge >= 0.3 is 11.9 Å². The highest BCUT2D eigenvalue weighted by atomic mass is 16.6. The molecule has 5 heteroatoms. The van der Waals surface area contributed by atoms with Gasteiger partial charge in [-0.05, 0) is 12.8 Å². The summed E-state index contributed by atoms with van der Waals surface area (Å²) in [5, 5.41) is 0. The van der Waals surface area contributed by atoms with E-state index in [1.807, 2.05) is 0 Å². The fourth-order valence-electron chi connectivity index (χ4n) is 6.44. The summed E-state index contributed by atoms with van der Waals surface area (Å²) in [7, 11) is 1.58. The molecule has 280 valence electrons. The minimum Gasteiger partial charge on any atom is -0.462 e. The number of hydrogen-bond acceptors (Lipinski definition) is 5. The summed E-state index contributed by atoms with van der Waals surface area (Å²) in [6, 6.07) is 0. The molecule has 0 saturated heterocycles. The Kier molecular flexibility index (Phi) is 38.4. The molecule has 0 aliphatic rings. The van der Waals surface area contributed by atoms with Crippen LogP contribution < -0.4 is 0 Å². The van der Waals surface area contributed by atoms with Crippen molar-refractivity contribution in [1.82, 2.24) is 0 Å². The maximum absolute atomic E-state index is 12.3. The zero-order valence-electron chi connectivity index (χ0n) is 32.1. The number of unbranched alkanes of at least 4 members (excludes halogenated alkanes) is 30. The lowest BCUT2D eigenvalue weighted by Gasteiger charge is -2.17. The van der Waals surface area contributed by atoms with E-state index < -0.39 is 6.10 Å². The second-order valence-corrected chi connectivity index (χ2v) is 14.4. The van der Waals surface area contributed by atoms with Crippen LogP contribution >= 0.6 is 0 Å². The molecule has 0 radical (unpaired) electrons. The van der Waals surface area contributed by atoms with E-state index in [1.165, 1.54) is 180 Å². The van der Waals surface area contributed by atoms with Crippen molar-refractivity contribution in [2.45, 2.75) is 238 Å². The normalized spacial score (nSPS) is 12.0. The van der Waals surface area contributed by atoms with Crippen LogP contribution in [0.3, 0.4) is 0 Å². The second kappa shape index (κ2) is 39.3. The van der Waals surface area contributed by atoms with Crippen molar-refractivity contribution in [3.8, 4) is 0 Å². The molecule has 0 heterocycles. The standard InChI is InChI=1S/C42H82O5/c1-4-6-8-10-12-14-16-18-20-22-24-26-28-30-32-34-36-41(43)46-39-40(38-45-3)47-42(44)37-35-33-31-29-27-25-23-21-19-17-15-13-11-9-7-5-2/h40H,4-39H2,1-3H3. The molecule has 0 saturated carbocycles. The first-order valence-electron chi connectivity index (χ1n) is 21.0. The van der Waals surface area contributed by atoms with E-state index in [4.69, 9.17) is 14.2 Å². The minimum atomic E-state index is -0.525. The van der Waals surface area contributed by atoms with Gasteiger partial charge in [0.2, 0.25) is 0 Å². The molecule has 0 amide bonds. The third-order valence-electron chi connectivity index (χ3n) is 9.55. The minimum absolute atomic E-state index is 0.0796. The van der Waals surface area contributed by atoms with Crippen LogP contribution in [0.5, 0.6) is 0 Å². The molecule has 0 aliphatic heterocycles. The molecule has 1 unspecified atom stereocenters. The fourth-order valence-corrected chi connectivity index (χ4v) is 6.44. The number of ether oxygens (including phenoxy) is 3. The lowest BCUT2D eigenvalue weighted by Crippen LogP contribution is -2.29. The maximum atomic E-state index is 12.3. The van der Waals surface area contributed by atoms with Crippen LogP contribution in [0.4, 0.5) is 0 Å². The Morgan fingerprint density at radius 2 is 0.660 bits per heavy atom. The van der Waals surface area contributed by atoms with Gasteiger partial charge in [-0.2, -0.15) is 0 Å². The number of hydrogen-bond donors (Lipinski definition) is 0. The molecule has 0 fully saturated rings. The van der Waals surface area contributed by atoms with Gasteiger partial charge in [-0.3, -0.25) is 9.59 Å². The van der Waals surface area contributed by atoms with E-state index in [9.17, 15) is 9.59 Å². The first-order chi connectivity index (χ1) is 23.1. The van der Waals surface area contributed by atoms with Gasteiger partial charge in [0, 0.05) is 20.0 Å². The highest BCUT2D eigenvalue weighted by Gasteiger charge is 2.17. The summed E-state index contributed by atoms with van der Waals surface area (Å²) in [5.74, 6) is -0.420. The van der Waals surface area contributed by atoms with Gasteiger partial charge in [-0.15, -0.1) is 0 Å². The topological polar surface area (TPSA) is 61.8 Å². The summed E-state index contributed by atoms with van der Waals surface area (Å²) in [4.78, 5) is 24.6. The number of carbonyl (C=O) groups excluding carboxylic acids is 2. The predicted molar refractivity (Wildman–Crippen MR) is 201 cm³/mol. The van der Waals surface area contributed by atoms with Gasteiger partial charge < -0.3 is 14.2 Å². The van der Waals surface area contributed by atoms with Gasteiger partial charge in [0.1, 0.15) is 6.61 Å². The molecular weight excluding hydrogens is 584 g/mol. The van der Waals surface area contributed by atoms with Gasteiger partial charge in [-0.1, -0.05) is 206 Å². The van der Waals surface area contributed by atoms with E-state index in [0.717, 1.165) is 25.7 Å². The van der Waals surface area contributed by atoms with Crippen molar-refractivity contribution in [3.63, 3.8) is 0 Å². The van der Waals surface area contributed by atoms with Crippen molar-refractivity contribution in [2.24, 2.45) is 0 Å². The number of rotatable bonds is 39. The average molecular weight is 667 g/mol. The molecular formula is C42H82O5. The van der Waals surface area contributed by atoms with Gasteiger partial charge in [0.15, 0.2) is 6.10 Å². The molecule has 0 aromatic heterocycles. The molecule has 0 N–H and O–H groups in total. The predicted octanol–water partition coefficient (Wildman–Crippen LogP) is 13.4. The van der Waals surface area contributed by atoms with Gasteiger partial charge in [0.05, 0.1) is 6.61 Å². The molecule has 0 rings (SSSR count). The van der Waals surface area contributed by atoms with Crippen LogP contribution in [0.15, 0.2) is 0 Å². The average Bonchev–Trinajstić information content (AvgIpc) is 3.07. The van der Waals surface area contributed by atoms with E-state index in [0.29, 0.717) is 12.8 Å². The third-order valence-corrected chi connectivity index (χ3v) is 9.55. The van der Waals surface area contributed by atoms with Crippen LogP contribution in [0.1, 0.15) is 232 Å². The summed E-state index contributed by atoms with van der Waals surface area (Å²) in [6.07, 6.45) is 42.4. The highest BCUT2D eigenvalue weighted by Crippen LogP contribution is 2.16. The Labute approximate surface area is 293 Å². The Morgan fingerprint density at radius 1 is 0.383 bits per heavy atom. The summed E-state index contributed by atoms with van der Waals surface area (Å²) in [5.41, 5.74) is 0. The lowest BCUT2D eigenvalue weighted by atomic mass is 10.0.